The van der Waals surface area contributed by atoms with Crippen LogP contribution in [0.5, 0.6) is 5.75 Å². The van der Waals surface area contributed by atoms with Crippen LogP contribution in [0.3, 0.4) is 0 Å². The molecule has 0 amide bonds. The van der Waals surface area contributed by atoms with Gasteiger partial charge in [0.05, 0.1) is 5.56 Å². The molecule has 2 aromatic carbocycles. The van der Waals surface area contributed by atoms with E-state index in [4.69, 9.17) is 4.74 Å². The number of carbonyl (C=O) groups is 1. The van der Waals surface area contributed by atoms with Gasteiger partial charge < -0.3 is 4.74 Å². The molecular weight excluding hydrogens is 243 g/mol. The molecule has 0 N–H and O–H groups in total. The molecule has 0 saturated carbocycles. The molecule has 0 fully saturated rings. The first-order valence-corrected chi connectivity index (χ1v) is 5.94. The molecule has 19 heavy (non-hydrogen) atoms. The zero-order valence-electron chi connectivity index (χ0n) is 10.3. The van der Waals surface area contributed by atoms with E-state index in [0.29, 0.717) is 16.9 Å². The van der Waals surface area contributed by atoms with E-state index in [1.807, 2.05) is 13.0 Å². The third kappa shape index (κ3) is 2.15. The Hall–Kier alpha value is -2.42. The Morgan fingerprint density at radius 1 is 1.16 bits per heavy atom. The predicted molar refractivity (Wildman–Crippen MR) is 70.5 cm³/mol. The monoisotopic (exact) mass is 254 g/mol. The fourth-order valence-corrected chi connectivity index (χ4v) is 2.05. The molecule has 0 unspecified atom stereocenters. The number of ketones is 1. The van der Waals surface area contributed by atoms with E-state index in [-0.39, 0.29) is 17.4 Å². The van der Waals surface area contributed by atoms with E-state index in [2.05, 4.69) is 0 Å². The second-order valence-corrected chi connectivity index (χ2v) is 4.49. The van der Waals surface area contributed by atoms with E-state index in [1.54, 1.807) is 30.3 Å². The fourth-order valence-electron chi connectivity index (χ4n) is 2.05. The van der Waals surface area contributed by atoms with Crippen LogP contribution in [0.2, 0.25) is 0 Å². The van der Waals surface area contributed by atoms with Gasteiger partial charge >= 0.3 is 0 Å². The standard InChI is InChI=1S/C16H11FO2/c1-10-5-6-14-13(7-10)16(18)15(19-14)9-11-3-2-4-12(17)8-11/h2-9H,1H3/b15-9-. The number of carbonyl (C=O) groups excluding carboxylic acids is 1. The van der Waals surface area contributed by atoms with Gasteiger partial charge in [-0.3, -0.25) is 4.79 Å². The minimum Gasteiger partial charge on any atom is -0.452 e. The third-order valence-electron chi connectivity index (χ3n) is 2.97. The molecule has 0 bridgehead atoms. The summed E-state index contributed by atoms with van der Waals surface area (Å²) >= 11 is 0. The second kappa shape index (κ2) is 4.35. The number of aryl methyl sites for hydroxylation is 1. The van der Waals surface area contributed by atoms with Crippen molar-refractivity contribution in [3.8, 4) is 5.75 Å². The van der Waals surface area contributed by atoms with E-state index in [0.717, 1.165) is 5.56 Å². The summed E-state index contributed by atoms with van der Waals surface area (Å²) in [6, 6.07) is 11.5. The number of hydrogen-bond acceptors (Lipinski definition) is 2. The van der Waals surface area contributed by atoms with Crippen LogP contribution in [0.25, 0.3) is 6.08 Å². The Morgan fingerprint density at radius 3 is 2.79 bits per heavy atom. The highest BCUT2D eigenvalue weighted by Crippen LogP contribution is 2.32. The molecule has 0 spiro atoms. The van der Waals surface area contributed by atoms with Gasteiger partial charge in [-0.1, -0.05) is 23.8 Å². The topological polar surface area (TPSA) is 26.3 Å². The summed E-state index contributed by atoms with van der Waals surface area (Å²) in [5.41, 5.74) is 2.17. The van der Waals surface area contributed by atoms with E-state index in [1.165, 1.54) is 12.1 Å². The lowest BCUT2D eigenvalue weighted by atomic mass is 10.1. The molecule has 2 aromatic rings. The smallest absolute Gasteiger partial charge is 0.231 e. The summed E-state index contributed by atoms with van der Waals surface area (Å²) in [4.78, 5) is 12.2. The number of benzene rings is 2. The number of allylic oxidation sites excluding steroid dienone is 1. The minimum atomic E-state index is -0.340. The van der Waals surface area contributed by atoms with E-state index < -0.39 is 0 Å². The zero-order chi connectivity index (χ0) is 13.4. The third-order valence-corrected chi connectivity index (χ3v) is 2.97. The quantitative estimate of drug-likeness (QED) is 0.724. The summed E-state index contributed by atoms with van der Waals surface area (Å²) < 4.78 is 18.6. The molecule has 1 aliphatic heterocycles. The maximum atomic E-state index is 13.1. The molecule has 1 heterocycles. The van der Waals surface area contributed by atoms with Gasteiger partial charge in [0.1, 0.15) is 11.6 Å². The summed E-state index contributed by atoms with van der Waals surface area (Å²) in [7, 11) is 0. The van der Waals surface area contributed by atoms with E-state index >= 15 is 0 Å². The van der Waals surface area contributed by atoms with Crippen LogP contribution >= 0.6 is 0 Å². The number of hydrogen-bond donors (Lipinski definition) is 0. The Balaban J connectivity index is 2.00. The van der Waals surface area contributed by atoms with Crippen molar-refractivity contribution in [2.75, 3.05) is 0 Å². The highest BCUT2D eigenvalue weighted by Gasteiger charge is 2.27. The average molecular weight is 254 g/mol. The van der Waals surface area contributed by atoms with Crippen molar-refractivity contribution in [3.63, 3.8) is 0 Å². The molecule has 0 atom stereocenters. The highest BCUT2D eigenvalue weighted by atomic mass is 19.1. The van der Waals surface area contributed by atoms with Gasteiger partial charge in [-0.2, -0.15) is 0 Å². The molecule has 0 radical (unpaired) electrons. The summed E-state index contributed by atoms with van der Waals surface area (Å²) in [6.45, 7) is 1.92. The first kappa shape index (κ1) is 11.7. The second-order valence-electron chi connectivity index (χ2n) is 4.49. The lowest BCUT2D eigenvalue weighted by Crippen LogP contribution is -1.98. The van der Waals surface area contributed by atoms with Gasteiger partial charge in [0.15, 0.2) is 5.76 Å². The fraction of sp³-hybridized carbons (Fsp3) is 0.0625. The average Bonchev–Trinajstić information content (AvgIpc) is 2.67. The van der Waals surface area contributed by atoms with Crippen molar-refractivity contribution in [3.05, 3.63) is 70.7 Å². The largest absolute Gasteiger partial charge is 0.452 e. The first-order chi connectivity index (χ1) is 9.13. The zero-order valence-corrected chi connectivity index (χ0v) is 10.3. The van der Waals surface area contributed by atoms with E-state index in [9.17, 15) is 9.18 Å². The number of halogens is 1. The van der Waals surface area contributed by atoms with Crippen LogP contribution in [0, 0.1) is 12.7 Å². The summed E-state index contributed by atoms with van der Waals surface area (Å²) in [5.74, 6) is 0.278. The van der Waals surface area contributed by atoms with Crippen molar-refractivity contribution >= 4 is 11.9 Å². The summed E-state index contributed by atoms with van der Waals surface area (Å²) in [5, 5.41) is 0. The lowest BCUT2D eigenvalue weighted by Gasteiger charge is -1.98. The Kier molecular flexibility index (Phi) is 2.67. The van der Waals surface area contributed by atoms with Gasteiger partial charge in [-0.05, 0) is 42.8 Å². The number of ether oxygens (including phenoxy) is 1. The van der Waals surface area contributed by atoms with Crippen LogP contribution in [-0.4, -0.2) is 5.78 Å². The maximum Gasteiger partial charge on any atom is 0.231 e. The van der Waals surface area contributed by atoms with Crippen LogP contribution in [-0.2, 0) is 0 Å². The Bertz CT molecular complexity index is 702. The van der Waals surface area contributed by atoms with Gasteiger partial charge in [-0.25, -0.2) is 4.39 Å². The molecular formula is C16H11FO2. The molecule has 94 valence electrons. The number of fused-ring (bicyclic) bond motifs is 1. The predicted octanol–water partition coefficient (Wildman–Crippen LogP) is 3.75. The minimum absolute atomic E-state index is 0.164. The van der Waals surface area contributed by atoms with Gasteiger partial charge in [0.25, 0.3) is 0 Å². The normalized spacial score (nSPS) is 15.5. The molecule has 3 heteroatoms. The summed E-state index contributed by atoms with van der Waals surface area (Å²) in [6.07, 6.45) is 1.56. The molecule has 0 saturated heterocycles. The number of Topliss-reactive ketones (excluding diaryl/α,β-unsaturated/α-hetero) is 1. The maximum absolute atomic E-state index is 13.1. The lowest BCUT2D eigenvalue weighted by molar-refractivity contribution is 0.101. The first-order valence-electron chi connectivity index (χ1n) is 5.94. The number of rotatable bonds is 1. The van der Waals surface area contributed by atoms with Crippen molar-refractivity contribution in [2.45, 2.75) is 6.92 Å². The van der Waals surface area contributed by atoms with Crippen LogP contribution in [0.15, 0.2) is 48.2 Å². The Morgan fingerprint density at radius 2 is 2.00 bits per heavy atom. The van der Waals surface area contributed by atoms with Gasteiger partial charge in [-0.15, -0.1) is 0 Å². The van der Waals surface area contributed by atoms with Crippen molar-refractivity contribution in [2.24, 2.45) is 0 Å². The molecule has 3 rings (SSSR count). The van der Waals surface area contributed by atoms with Crippen molar-refractivity contribution in [1.29, 1.82) is 0 Å². The Labute approximate surface area is 110 Å². The van der Waals surface area contributed by atoms with Crippen molar-refractivity contribution in [1.82, 2.24) is 0 Å². The van der Waals surface area contributed by atoms with Gasteiger partial charge in [0.2, 0.25) is 5.78 Å². The molecule has 0 aliphatic carbocycles. The van der Waals surface area contributed by atoms with Crippen LogP contribution in [0.1, 0.15) is 21.5 Å². The van der Waals surface area contributed by atoms with Crippen LogP contribution in [0.4, 0.5) is 4.39 Å². The van der Waals surface area contributed by atoms with Gasteiger partial charge in [0, 0.05) is 0 Å². The molecule has 1 aliphatic rings. The van der Waals surface area contributed by atoms with Crippen molar-refractivity contribution < 1.29 is 13.9 Å². The highest BCUT2D eigenvalue weighted by molar-refractivity contribution is 6.14. The molecule has 2 nitrogen and oxygen atoms in total. The molecule has 0 aromatic heterocycles. The van der Waals surface area contributed by atoms with Crippen LogP contribution < -0.4 is 4.74 Å². The SMILES string of the molecule is Cc1ccc2c(c1)C(=O)/C(=C/c1cccc(F)c1)O2.